The quantitative estimate of drug-likeness (QED) is 0.662. The third-order valence-corrected chi connectivity index (χ3v) is 4.42. The molecule has 0 aliphatic rings. The second kappa shape index (κ2) is 10.2. The largest absolute Gasteiger partial charge is 0.307 e. The number of rotatable bonds is 10. The van der Waals surface area contributed by atoms with Crippen LogP contribution in [0.3, 0.4) is 0 Å². The minimum absolute atomic E-state index is 0.422. The molecule has 0 aromatic heterocycles. The molecule has 0 heterocycles. The van der Waals surface area contributed by atoms with Crippen LogP contribution in [0.5, 0.6) is 0 Å². The summed E-state index contributed by atoms with van der Waals surface area (Å²) in [5.74, 6) is 0. The molecule has 0 bridgehead atoms. The molecule has 0 amide bonds. The highest BCUT2D eigenvalue weighted by Crippen LogP contribution is 2.20. The Labute approximate surface area is 135 Å². The first kappa shape index (κ1) is 18.5. The first-order valence-electron chi connectivity index (χ1n) is 8.34. The molecule has 0 fully saturated rings. The normalized spacial score (nSPS) is 14.4. The second-order valence-corrected chi connectivity index (χ2v) is 6.19. The number of hydrogen-bond acceptors (Lipinski definition) is 2. The molecule has 2 atom stereocenters. The molecule has 0 aliphatic heterocycles. The van der Waals surface area contributed by atoms with Gasteiger partial charge in [-0.15, -0.1) is 0 Å². The van der Waals surface area contributed by atoms with Crippen molar-refractivity contribution in [1.29, 1.82) is 0 Å². The Hall–Kier alpha value is -0.570. The Balaban J connectivity index is 2.40. The van der Waals surface area contributed by atoms with Crippen LogP contribution in [-0.2, 0) is 0 Å². The number of nitrogens with zero attached hydrogens (tertiary/aromatic N) is 1. The smallest absolute Gasteiger partial charge is 0.0406 e. The average molecular weight is 311 g/mol. The van der Waals surface area contributed by atoms with Crippen LogP contribution in [-0.4, -0.2) is 30.6 Å². The molecule has 1 rings (SSSR count). The van der Waals surface area contributed by atoms with E-state index in [4.69, 9.17) is 11.6 Å². The highest BCUT2D eigenvalue weighted by Gasteiger charge is 2.12. The summed E-state index contributed by atoms with van der Waals surface area (Å²) in [4.78, 5) is 2.49. The van der Waals surface area contributed by atoms with E-state index in [0.717, 1.165) is 24.5 Å². The predicted molar refractivity (Wildman–Crippen MR) is 94.1 cm³/mol. The van der Waals surface area contributed by atoms with Gasteiger partial charge in [0.1, 0.15) is 0 Å². The molecule has 0 saturated heterocycles. The Morgan fingerprint density at radius 3 is 2.24 bits per heavy atom. The molecular formula is C18H31ClN2. The number of halogens is 1. The second-order valence-electron chi connectivity index (χ2n) is 5.75. The van der Waals surface area contributed by atoms with E-state index in [2.05, 4.69) is 50.0 Å². The van der Waals surface area contributed by atoms with Gasteiger partial charge < -0.3 is 10.2 Å². The van der Waals surface area contributed by atoms with Gasteiger partial charge in [0.15, 0.2) is 0 Å². The van der Waals surface area contributed by atoms with Gasteiger partial charge in [-0.3, -0.25) is 0 Å². The monoisotopic (exact) mass is 310 g/mol. The van der Waals surface area contributed by atoms with Crippen LogP contribution < -0.4 is 5.32 Å². The Bertz CT molecular complexity index is 373. The lowest BCUT2D eigenvalue weighted by Crippen LogP contribution is -2.31. The van der Waals surface area contributed by atoms with E-state index in [1.807, 2.05) is 12.1 Å². The van der Waals surface area contributed by atoms with Crippen molar-refractivity contribution in [2.24, 2.45) is 0 Å². The van der Waals surface area contributed by atoms with Gasteiger partial charge in [-0.2, -0.15) is 0 Å². The summed E-state index contributed by atoms with van der Waals surface area (Å²) in [6.07, 6.45) is 3.58. The topological polar surface area (TPSA) is 15.3 Å². The molecule has 0 saturated carbocycles. The fraction of sp³-hybridized carbons (Fsp3) is 0.667. The molecule has 2 unspecified atom stereocenters. The molecule has 1 aromatic rings. The standard InChI is InChI=1S/C18H31ClN2/c1-5-18(16-10-12-17(19)13-11-16)20-15(4)9-8-14-21(6-2)7-3/h10-13,15,18,20H,5-9,14H2,1-4H3. The highest BCUT2D eigenvalue weighted by atomic mass is 35.5. The van der Waals surface area contributed by atoms with Gasteiger partial charge in [-0.25, -0.2) is 0 Å². The van der Waals surface area contributed by atoms with Crippen molar-refractivity contribution >= 4 is 11.6 Å². The van der Waals surface area contributed by atoms with Gasteiger partial charge in [0.25, 0.3) is 0 Å². The third-order valence-electron chi connectivity index (χ3n) is 4.17. The Morgan fingerprint density at radius 2 is 1.71 bits per heavy atom. The van der Waals surface area contributed by atoms with E-state index >= 15 is 0 Å². The summed E-state index contributed by atoms with van der Waals surface area (Å²) in [6, 6.07) is 9.18. The molecule has 21 heavy (non-hydrogen) atoms. The van der Waals surface area contributed by atoms with Crippen molar-refractivity contribution in [3.8, 4) is 0 Å². The summed E-state index contributed by atoms with van der Waals surface area (Å²) in [7, 11) is 0. The number of hydrogen-bond donors (Lipinski definition) is 1. The van der Waals surface area contributed by atoms with E-state index in [9.17, 15) is 0 Å². The van der Waals surface area contributed by atoms with Crippen molar-refractivity contribution in [1.82, 2.24) is 10.2 Å². The van der Waals surface area contributed by atoms with Crippen molar-refractivity contribution in [2.75, 3.05) is 19.6 Å². The molecule has 0 aliphatic carbocycles. The Morgan fingerprint density at radius 1 is 1.10 bits per heavy atom. The van der Waals surface area contributed by atoms with E-state index in [1.165, 1.54) is 24.9 Å². The van der Waals surface area contributed by atoms with Crippen LogP contribution in [0.2, 0.25) is 5.02 Å². The minimum Gasteiger partial charge on any atom is -0.307 e. The maximum absolute atomic E-state index is 5.97. The van der Waals surface area contributed by atoms with Gasteiger partial charge in [0, 0.05) is 17.1 Å². The van der Waals surface area contributed by atoms with Crippen LogP contribution in [0.1, 0.15) is 58.6 Å². The van der Waals surface area contributed by atoms with Crippen molar-refractivity contribution in [3.05, 3.63) is 34.9 Å². The lowest BCUT2D eigenvalue weighted by molar-refractivity contribution is 0.287. The summed E-state index contributed by atoms with van der Waals surface area (Å²) in [6.45, 7) is 12.5. The maximum Gasteiger partial charge on any atom is 0.0406 e. The fourth-order valence-corrected chi connectivity index (χ4v) is 2.86. The summed E-state index contributed by atoms with van der Waals surface area (Å²) in [5, 5.41) is 4.56. The van der Waals surface area contributed by atoms with Crippen LogP contribution >= 0.6 is 11.6 Å². The number of benzene rings is 1. The summed E-state index contributed by atoms with van der Waals surface area (Å²) in [5.41, 5.74) is 1.33. The highest BCUT2D eigenvalue weighted by molar-refractivity contribution is 6.30. The van der Waals surface area contributed by atoms with Gasteiger partial charge in [-0.05, 0) is 63.5 Å². The lowest BCUT2D eigenvalue weighted by Gasteiger charge is -2.24. The first-order valence-corrected chi connectivity index (χ1v) is 8.72. The molecule has 120 valence electrons. The van der Waals surface area contributed by atoms with Crippen LogP contribution in [0.15, 0.2) is 24.3 Å². The van der Waals surface area contributed by atoms with Gasteiger partial charge in [0.2, 0.25) is 0 Å². The molecule has 1 N–H and O–H groups in total. The van der Waals surface area contributed by atoms with Crippen LogP contribution in [0.4, 0.5) is 0 Å². The molecule has 0 radical (unpaired) electrons. The molecule has 0 spiro atoms. The minimum atomic E-state index is 0.422. The van der Waals surface area contributed by atoms with Gasteiger partial charge >= 0.3 is 0 Å². The molecule has 2 nitrogen and oxygen atoms in total. The molecule has 3 heteroatoms. The van der Waals surface area contributed by atoms with Crippen molar-refractivity contribution in [3.63, 3.8) is 0 Å². The molecule has 1 aromatic carbocycles. The SMILES string of the molecule is CCC(NC(C)CCCN(CC)CC)c1ccc(Cl)cc1. The maximum atomic E-state index is 5.97. The van der Waals surface area contributed by atoms with E-state index in [0.29, 0.717) is 12.1 Å². The zero-order valence-corrected chi connectivity index (χ0v) is 14.8. The summed E-state index contributed by atoms with van der Waals surface area (Å²) >= 11 is 5.97. The third kappa shape index (κ3) is 6.82. The van der Waals surface area contributed by atoms with E-state index in [1.54, 1.807) is 0 Å². The Kier molecular flexibility index (Phi) is 8.98. The zero-order valence-electron chi connectivity index (χ0n) is 14.0. The lowest BCUT2D eigenvalue weighted by atomic mass is 10.0. The van der Waals surface area contributed by atoms with Gasteiger partial charge in [-0.1, -0.05) is 44.5 Å². The van der Waals surface area contributed by atoms with Gasteiger partial charge in [0.05, 0.1) is 0 Å². The first-order chi connectivity index (χ1) is 10.1. The fourth-order valence-electron chi connectivity index (χ4n) is 2.73. The average Bonchev–Trinajstić information content (AvgIpc) is 2.50. The van der Waals surface area contributed by atoms with Crippen molar-refractivity contribution in [2.45, 2.75) is 59.0 Å². The summed E-state index contributed by atoms with van der Waals surface area (Å²) < 4.78 is 0. The van der Waals surface area contributed by atoms with E-state index < -0.39 is 0 Å². The zero-order chi connectivity index (χ0) is 15.7. The molecular weight excluding hydrogens is 280 g/mol. The van der Waals surface area contributed by atoms with Crippen LogP contribution in [0, 0.1) is 0 Å². The number of nitrogens with one attached hydrogen (secondary N) is 1. The van der Waals surface area contributed by atoms with E-state index in [-0.39, 0.29) is 0 Å². The van der Waals surface area contributed by atoms with Crippen molar-refractivity contribution < 1.29 is 0 Å². The predicted octanol–water partition coefficient (Wildman–Crippen LogP) is 4.89. The van der Waals surface area contributed by atoms with Crippen LogP contribution in [0.25, 0.3) is 0 Å².